The minimum absolute atomic E-state index is 0.0439. The number of hydrogen-bond donors (Lipinski definition) is 1. The first kappa shape index (κ1) is 13.8. The molecule has 110 valence electrons. The molecule has 0 aromatic heterocycles. The second-order valence-electron chi connectivity index (χ2n) is 6.53. The SMILES string of the molecule is COCC(O)(C1CC1)C1CCOC2(CCOCC2)C1. The van der Waals surface area contributed by atoms with Crippen molar-refractivity contribution in [2.24, 2.45) is 11.8 Å². The fraction of sp³-hybridized carbons (Fsp3) is 1.00. The molecule has 1 spiro atoms. The zero-order chi connectivity index (χ0) is 13.3. The van der Waals surface area contributed by atoms with Crippen molar-refractivity contribution in [2.75, 3.05) is 33.5 Å². The maximum atomic E-state index is 11.1. The minimum Gasteiger partial charge on any atom is -0.387 e. The largest absolute Gasteiger partial charge is 0.387 e. The number of aliphatic hydroxyl groups is 1. The third kappa shape index (κ3) is 2.68. The van der Waals surface area contributed by atoms with Crippen molar-refractivity contribution in [1.29, 1.82) is 0 Å². The van der Waals surface area contributed by atoms with Crippen LogP contribution in [0.4, 0.5) is 0 Å². The monoisotopic (exact) mass is 270 g/mol. The predicted molar refractivity (Wildman–Crippen MR) is 71.0 cm³/mol. The first-order chi connectivity index (χ1) is 9.19. The zero-order valence-electron chi connectivity index (χ0n) is 11.9. The highest BCUT2D eigenvalue weighted by Gasteiger charge is 2.53. The summed E-state index contributed by atoms with van der Waals surface area (Å²) in [5, 5.41) is 11.1. The van der Waals surface area contributed by atoms with Crippen LogP contribution in [0, 0.1) is 11.8 Å². The molecular formula is C15H26O4. The molecule has 2 saturated heterocycles. The maximum Gasteiger partial charge on any atom is 0.0937 e. The molecule has 1 aliphatic carbocycles. The van der Waals surface area contributed by atoms with Crippen LogP contribution < -0.4 is 0 Å². The summed E-state index contributed by atoms with van der Waals surface area (Å²) in [5.74, 6) is 0.749. The van der Waals surface area contributed by atoms with Crippen LogP contribution in [0.2, 0.25) is 0 Å². The lowest BCUT2D eigenvalue weighted by molar-refractivity contribution is -0.188. The Morgan fingerprint density at radius 3 is 2.53 bits per heavy atom. The van der Waals surface area contributed by atoms with Gasteiger partial charge in [0.15, 0.2) is 0 Å². The van der Waals surface area contributed by atoms with Gasteiger partial charge in [-0.2, -0.15) is 0 Å². The van der Waals surface area contributed by atoms with E-state index >= 15 is 0 Å². The molecule has 4 heteroatoms. The predicted octanol–water partition coefficient (Wildman–Crippen LogP) is 1.75. The van der Waals surface area contributed by atoms with E-state index in [1.165, 1.54) is 0 Å². The van der Waals surface area contributed by atoms with Crippen LogP contribution in [0.15, 0.2) is 0 Å². The summed E-state index contributed by atoms with van der Waals surface area (Å²) < 4.78 is 16.9. The Kier molecular flexibility index (Phi) is 3.87. The van der Waals surface area contributed by atoms with Crippen LogP contribution in [0.25, 0.3) is 0 Å². The van der Waals surface area contributed by atoms with E-state index in [1.54, 1.807) is 7.11 Å². The smallest absolute Gasteiger partial charge is 0.0937 e. The second kappa shape index (κ2) is 5.32. The van der Waals surface area contributed by atoms with Gasteiger partial charge in [-0.25, -0.2) is 0 Å². The number of methoxy groups -OCH3 is 1. The second-order valence-corrected chi connectivity index (χ2v) is 6.53. The van der Waals surface area contributed by atoms with Crippen molar-refractivity contribution < 1.29 is 19.3 Å². The van der Waals surface area contributed by atoms with E-state index in [-0.39, 0.29) is 5.60 Å². The molecule has 2 unspecified atom stereocenters. The van der Waals surface area contributed by atoms with Gasteiger partial charge in [0.25, 0.3) is 0 Å². The molecule has 4 nitrogen and oxygen atoms in total. The Morgan fingerprint density at radius 2 is 1.89 bits per heavy atom. The zero-order valence-corrected chi connectivity index (χ0v) is 11.9. The van der Waals surface area contributed by atoms with E-state index in [0.29, 0.717) is 18.4 Å². The third-order valence-corrected chi connectivity index (χ3v) is 5.26. The molecule has 2 atom stereocenters. The van der Waals surface area contributed by atoms with Crippen LogP contribution in [0.5, 0.6) is 0 Å². The molecule has 0 radical (unpaired) electrons. The van der Waals surface area contributed by atoms with Gasteiger partial charge in [-0.1, -0.05) is 0 Å². The van der Waals surface area contributed by atoms with Crippen LogP contribution >= 0.6 is 0 Å². The van der Waals surface area contributed by atoms with Gasteiger partial charge in [0.05, 0.1) is 17.8 Å². The molecule has 19 heavy (non-hydrogen) atoms. The van der Waals surface area contributed by atoms with Gasteiger partial charge in [0.2, 0.25) is 0 Å². The first-order valence-electron chi connectivity index (χ1n) is 7.62. The highest BCUT2D eigenvalue weighted by atomic mass is 16.5. The van der Waals surface area contributed by atoms with Crippen LogP contribution in [0.3, 0.4) is 0 Å². The molecular weight excluding hydrogens is 244 g/mol. The Bertz CT molecular complexity index is 304. The van der Waals surface area contributed by atoms with Gasteiger partial charge in [-0.05, 0) is 50.4 Å². The quantitative estimate of drug-likeness (QED) is 0.845. The van der Waals surface area contributed by atoms with Gasteiger partial charge in [-0.15, -0.1) is 0 Å². The lowest BCUT2D eigenvalue weighted by Crippen LogP contribution is -2.53. The van der Waals surface area contributed by atoms with E-state index in [9.17, 15) is 5.11 Å². The third-order valence-electron chi connectivity index (χ3n) is 5.26. The summed E-state index contributed by atoms with van der Waals surface area (Å²) >= 11 is 0. The molecule has 0 amide bonds. The molecule has 3 aliphatic rings. The van der Waals surface area contributed by atoms with Crippen molar-refractivity contribution in [3.63, 3.8) is 0 Å². The standard InChI is InChI=1S/C15H26O4/c1-17-11-15(16,12-2-3-12)13-4-7-19-14(10-13)5-8-18-9-6-14/h12-13,16H,2-11H2,1H3. The van der Waals surface area contributed by atoms with Crippen molar-refractivity contribution in [1.82, 2.24) is 0 Å². The van der Waals surface area contributed by atoms with E-state index in [2.05, 4.69) is 0 Å². The van der Waals surface area contributed by atoms with Gasteiger partial charge >= 0.3 is 0 Å². The molecule has 3 rings (SSSR count). The lowest BCUT2D eigenvalue weighted by atomic mass is 9.71. The summed E-state index contributed by atoms with van der Waals surface area (Å²) in [6.45, 7) is 2.82. The van der Waals surface area contributed by atoms with E-state index < -0.39 is 5.60 Å². The summed E-state index contributed by atoms with van der Waals surface area (Å²) in [4.78, 5) is 0. The maximum absolute atomic E-state index is 11.1. The number of rotatable bonds is 4. The summed E-state index contributed by atoms with van der Waals surface area (Å²) in [7, 11) is 1.69. The van der Waals surface area contributed by atoms with Crippen molar-refractivity contribution in [3.8, 4) is 0 Å². The minimum atomic E-state index is -0.635. The Hall–Kier alpha value is -0.160. The molecule has 3 fully saturated rings. The van der Waals surface area contributed by atoms with Crippen LogP contribution in [0.1, 0.15) is 38.5 Å². The number of ether oxygens (including phenoxy) is 3. The lowest BCUT2D eigenvalue weighted by Gasteiger charge is -2.48. The average molecular weight is 270 g/mol. The van der Waals surface area contributed by atoms with Gasteiger partial charge in [-0.3, -0.25) is 0 Å². The summed E-state index contributed by atoms with van der Waals surface area (Å²) in [5.41, 5.74) is -0.679. The number of hydrogen-bond acceptors (Lipinski definition) is 4. The summed E-state index contributed by atoms with van der Waals surface area (Å²) in [6, 6.07) is 0. The molecule has 2 heterocycles. The van der Waals surface area contributed by atoms with E-state index in [0.717, 1.165) is 58.3 Å². The van der Waals surface area contributed by atoms with Gasteiger partial charge in [0, 0.05) is 26.9 Å². The first-order valence-corrected chi connectivity index (χ1v) is 7.62. The molecule has 0 aromatic carbocycles. The molecule has 0 aromatic rings. The van der Waals surface area contributed by atoms with Crippen LogP contribution in [-0.4, -0.2) is 49.8 Å². The molecule has 2 aliphatic heterocycles. The highest BCUT2D eigenvalue weighted by Crippen LogP contribution is 2.50. The van der Waals surface area contributed by atoms with Crippen molar-refractivity contribution >= 4 is 0 Å². The van der Waals surface area contributed by atoms with Crippen molar-refractivity contribution in [3.05, 3.63) is 0 Å². The molecule has 1 N–H and O–H groups in total. The topological polar surface area (TPSA) is 47.9 Å². The van der Waals surface area contributed by atoms with E-state index in [4.69, 9.17) is 14.2 Å². The molecule has 0 bridgehead atoms. The Labute approximate surface area is 115 Å². The fourth-order valence-electron chi connectivity index (χ4n) is 3.93. The normalized spacial score (nSPS) is 34.1. The highest BCUT2D eigenvalue weighted by molar-refractivity contribution is 5.03. The van der Waals surface area contributed by atoms with E-state index in [1.807, 2.05) is 0 Å². The molecule has 1 saturated carbocycles. The van der Waals surface area contributed by atoms with Gasteiger partial charge in [0.1, 0.15) is 0 Å². The van der Waals surface area contributed by atoms with Gasteiger partial charge < -0.3 is 19.3 Å². The van der Waals surface area contributed by atoms with Crippen LogP contribution in [-0.2, 0) is 14.2 Å². The average Bonchev–Trinajstić information content (AvgIpc) is 3.24. The summed E-state index contributed by atoms with van der Waals surface area (Å²) in [6.07, 6.45) is 6.15. The Balaban J connectivity index is 1.72. The van der Waals surface area contributed by atoms with Crippen molar-refractivity contribution in [2.45, 2.75) is 49.7 Å². The fourth-order valence-corrected chi connectivity index (χ4v) is 3.93. The Morgan fingerprint density at radius 1 is 1.16 bits per heavy atom.